The van der Waals surface area contributed by atoms with Crippen LogP contribution in [0.5, 0.6) is 0 Å². The van der Waals surface area contributed by atoms with Crippen LogP contribution >= 0.6 is 0 Å². The molecule has 0 unspecified atom stereocenters. The third kappa shape index (κ3) is 1.72. The zero-order valence-corrected chi connectivity index (χ0v) is 9.00. The van der Waals surface area contributed by atoms with Gasteiger partial charge in [-0.05, 0) is 12.8 Å². The van der Waals surface area contributed by atoms with Gasteiger partial charge in [0.25, 0.3) is 0 Å². The summed E-state index contributed by atoms with van der Waals surface area (Å²) < 4.78 is 2.07. The Morgan fingerprint density at radius 2 is 2.19 bits per heavy atom. The maximum absolute atomic E-state index is 4.31. The topological polar surface area (TPSA) is 42.2 Å². The Balaban J connectivity index is 1.74. The lowest BCUT2D eigenvalue weighted by molar-refractivity contribution is 0.532. The number of rotatable bonds is 3. The summed E-state index contributed by atoms with van der Waals surface area (Å²) in [5.74, 6) is 0. The molecule has 2 aromatic heterocycles. The highest BCUT2D eigenvalue weighted by atomic mass is 15.0. The van der Waals surface area contributed by atoms with Gasteiger partial charge < -0.3 is 5.32 Å². The number of nitrogens with zero attached hydrogens (tertiary/aromatic N) is 3. The first-order valence-corrected chi connectivity index (χ1v) is 5.58. The standard InChI is InChI=1S/C12H14N4/c1-2-4-10(3-1)14-7-11-8-15-12-9-13-5-6-16(11)12/h1-2,5-6,8-10,14H,3-4,7H2. The van der Waals surface area contributed by atoms with Crippen molar-refractivity contribution in [3.8, 4) is 0 Å². The van der Waals surface area contributed by atoms with E-state index in [2.05, 4.69) is 31.8 Å². The molecule has 0 amide bonds. The average Bonchev–Trinajstić information content (AvgIpc) is 2.96. The number of fused-ring (bicyclic) bond motifs is 1. The van der Waals surface area contributed by atoms with Gasteiger partial charge in [-0.15, -0.1) is 0 Å². The summed E-state index contributed by atoms with van der Waals surface area (Å²) in [6.07, 6.45) is 14.2. The molecule has 2 heterocycles. The second-order valence-corrected chi connectivity index (χ2v) is 4.07. The van der Waals surface area contributed by atoms with Crippen molar-refractivity contribution in [2.45, 2.75) is 25.4 Å². The molecule has 1 N–H and O–H groups in total. The van der Waals surface area contributed by atoms with Gasteiger partial charge in [-0.2, -0.15) is 0 Å². The summed E-state index contributed by atoms with van der Waals surface area (Å²) in [4.78, 5) is 8.36. The molecule has 0 fully saturated rings. The third-order valence-electron chi connectivity index (χ3n) is 2.97. The Morgan fingerprint density at radius 3 is 3.06 bits per heavy atom. The van der Waals surface area contributed by atoms with Gasteiger partial charge >= 0.3 is 0 Å². The highest BCUT2D eigenvalue weighted by molar-refractivity contribution is 5.36. The first-order chi connectivity index (χ1) is 7.93. The zero-order chi connectivity index (χ0) is 10.8. The monoisotopic (exact) mass is 214 g/mol. The molecule has 0 aromatic carbocycles. The van der Waals surface area contributed by atoms with Crippen molar-refractivity contribution in [2.24, 2.45) is 0 Å². The van der Waals surface area contributed by atoms with E-state index in [0.717, 1.165) is 25.0 Å². The average molecular weight is 214 g/mol. The summed E-state index contributed by atoms with van der Waals surface area (Å²) in [5.41, 5.74) is 2.09. The Hall–Kier alpha value is -1.68. The van der Waals surface area contributed by atoms with Crippen molar-refractivity contribution in [3.63, 3.8) is 0 Å². The smallest absolute Gasteiger partial charge is 0.155 e. The van der Waals surface area contributed by atoms with Crippen molar-refractivity contribution >= 4 is 5.65 Å². The molecule has 0 spiro atoms. The highest BCUT2D eigenvalue weighted by Gasteiger charge is 2.10. The molecule has 1 aliphatic carbocycles. The lowest BCUT2D eigenvalue weighted by Gasteiger charge is -2.11. The van der Waals surface area contributed by atoms with Crippen LogP contribution in [-0.4, -0.2) is 20.4 Å². The molecule has 0 atom stereocenters. The minimum Gasteiger partial charge on any atom is -0.308 e. The summed E-state index contributed by atoms with van der Waals surface area (Å²) in [6, 6.07) is 0.590. The molecule has 82 valence electrons. The van der Waals surface area contributed by atoms with E-state index in [1.54, 1.807) is 12.4 Å². The molecule has 4 heteroatoms. The van der Waals surface area contributed by atoms with Crippen molar-refractivity contribution in [1.82, 2.24) is 19.7 Å². The van der Waals surface area contributed by atoms with Crippen molar-refractivity contribution in [1.29, 1.82) is 0 Å². The lowest BCUT2D eigenvalue weighted by Crippen LogP contribution is -2.26. The molecule has 0 bridgehead atoms. The first-order valence-electron chi connectivity index (χ1n) is 5.58. The SMILES string of the molecule is C1=CCC(NCc2cnc3cnccn23)C1. The summed E-state index contributed by atoms with van der Waals surface area (Å²) in [7, 11) is 0. The first kappa shape index (κ1) is 9.54. The van der Waals surface area contributed by atoms with Crippen LogP contribution in [0, 0.1) is 0 Å². The fraction of sp³-hybridized carbons (Fsp3) is 0.333. The summed E-state index contributed by atoms with van der Waals surface area (Å²) in [5, 5.41) is 3.53. The van der Waals surface area contributed by atoms with Gasteiger partial charge in [0, 0.05) is 25.0 Å². The molecule has 0 aliphatic heterocycles. The molecule has 0 saturated carbocycles. The summed E-state index contributed by atoms with van der Waals surface area (Å²) in [6.45, 7) is 0.859. The summed E-state index contributed by atoms with van der Waals surface area (Å²) >= 11 is 0. The number of aromatic nitrogens is 3. The van der Waals surface area contributed by atoms with E-state index in [1.165, 1.54) is 5.69 Å². The number of nitrogens with one attached hydrogen (secondary N) is 1. The van der Waals surface area contributed by atoms with E-state index in [0.29, 0.717) is 6.04 Å². The van der Waals surface area contributed by atoms with Gasteiger partial charge in [0.15, 0.2) is 5.65 Å². The highest BCUT2D eigenvalue weighted by Crippen LogP contribution is 2.11. The maximum atomic E-state index is 4.31. The number of hydrogen-bond acceptors (Lipinski definition) is 3. The van der Waals surface area contributed by atoms with Crippen LogP contribution in [-0.2, 0) is 6.54 Å². The normalized spacial score (nSPS) is 16.2. The largest absolute Gasteiger partial charge is 0.308 e. The Kier molecular flexibility index (Phi) is 2.42. The van der Waals surface area contributed by atoms with Crippen LogP contribution in [0.15, 0.2) is 36.9 Å². The van der Waals surface area contributed by atoms with Crippen molar-refractivity contribution in [2.75, 3.05) is 0 Å². The van der Waals surface area contributed by atoms with E-state index >= 15 is 0 Å². The molecule has 2 aromatic rings. The van der Waals surface area contributed by atoms with Gasteiger partial charge in [-0.25, -0.2) is 4.98 Å². The fourth-order valence-electron chi connectivity index (χ4n) is 2.06. The molecule has 1 aliphatic rings. The Bertz CT molecular complexity index is 506. The van der Waals surface area contributed by atoms with E-state index in [-0.39, 0.29) is 0 Å². The second-order valence-electron chi connectivity index (χ2n) is 4.07. The molecular formula is C12H14N4. The predicted molar refractivity (Wildman–Crippen MR) is 62.0 cm³/mol. The number of hydrogen-bond donors (Lipinski definition) is 1. The molecule has 0 saturated heterocycles. The quantitative estimate of drug-likeness (QED) is 0.788. The molecule has 16 heavy (non-hydrogen) atoms. The molecule has 4 nitrogen and oxygen atoms in total. The van der Waals surface area contributed by atoms with E-state index in [9.17, 15) is 0 Å². The van der Waals surface area contributed by atoms with Crippen molar-refractivity contribution in [3.05, 3.63) is 42.6 Å². The number of imidazole rings is 1. The molecule has 0 radical (unpaired) electrons. The van der Waals surface area contributed by atoms with Crippen LogP contribution < -0.4 is 5.32 Å². The minimum absolute atomic E-state index is 0.590. The zero-order valence-electron chi connectivity index (χ0n) is 9.00. The van der Waals surface area contributed by atoms with Gasteiger partial charge in [-0.3, -0.25) is 9.38 Å². The van der Waals surface area contributed by atoms with Crippen LogP contribution in [0.2, 0.25) is 0 Å². The van der Waals surface area contributed by atoms with Gasteiger partial charge in [-0.1, -0.05) is 12.2 Å². The van der Waals surface area contributed by atoms with E-state index in [4.69, 9.17) is 0 Å². The maximum Gasteiger partial charge on any atom is 0.155 e. The second kappa shape index (κ2) is 4.06. The van der Waals surface area contributed by atoms with E-state index < -0.39 is 0 Å². The van der Waals surface area contributed by atoms with Crippen LogP contribution in [0.4, 0.5) is 0 Å². The van der Waals surface area contributed by atoms with Gasteiger partial charge in [0.1, 0.15) is 0 Å². The third-order valence-corrected chi connectivity index (χ3v) is 2.97. The van der Waals surface area contributed by atoms with Crippen LogP contribution in [0.3, 0.4) is 0 Å². The van der Waals surface area contributed by atoms with E-state index in [1.807, 2.05) is 12.4 Å². The fourth-order valence-corrected chi connectivity index (χ4v) is 2.06. The molecular weight excluding hydrogens is 200 g/mol. The van der Waals surface area contributed by atoms with Gasteiger partial charge in [0.2, 0.25) is 0 Å². The Morgan fingerprint density at radius 1 is 1.31 bits per heavy atom. The van der Waals surface area contributed by atoms with Crippen LogP contribution in [0.25, 0.3) is 5.65 Å². The Labute approximate surface area is 94.0 Å². The lowest BCUT2D eigenvalue weighted by atomic mass is 10.2. The van der Waals surface area contributed by atoms with Gasteiger partial charge in [0.05, 0.1) is 18.1 Å². The van der Waals surface area contributed by atoms with Crippen LogP contribution in [0.1, 0.15) is 18.5 Å². The minimum atomic E-state index is 0.590. The predicted octanol–water partition coefficient (Wildman–Crippen LogP) is 1.54. The molecule has 3 rings (SSSR count). The van der Waals surface area contributed by atoms with Crippen molar-refractivity contribution < 1.29 is 0 Å².